The van der Waals surface area contributed by atoms with E-state index in [-0.39, 0.29) is 11.7 Å². The van der Waals surface area contributed by atoms with Crippen LogP contribution in [0.4, 0.5) is 10.1 Å². The lowest BCUT2D eigenvalue weighted by Gasteiger charge is -2.12. The molecule has 0 saturated heterocycles. The first-order valence-electron chi connectivity index (χ1n) is 8.03. The van der Waals surface area contributed by atoms with E-state index < -0.39 is 0 Å². The molecule has 3 aromatic rings. The summed E-state index contributed by atoms with van der Waals surface area (Å²) in [5.74, 6) is -0.552. The summed E-state index contributed by atoms with van der Waals surface area (Å²) in [6.07, 6.45) is 1.85. The maximum atomic E-state index is 13.3. The highest BCUT2D eigenvalue weighted by molar-refractivity contribution is 6.29. The van der Waals surface area contributed by atoms with Crippen LogP contribution in [0.3, 0.4) is 0 Å². The number of aryl methyl sites for hydroxylation is 1. The lowest BCUT2D eigenvalue weighted by atomic mass is 10.0. The molecule has 0 spiro atoms. The van der Waals surface area contributed by atoms with Crippen LogP contribution in [-0.2, 0) is 4.79 Å². The molecular formula is C22H18FNO. The van der Waals surface area contributed by atoms with Gasteiger partial charge in [0.15, 0.2) is 0 Å². The minimum Gasteiger partial charge on any atom is -0.322 e. The molecule has 3 aromatic carbocycles. The van der Waals surface area contributed by atoms with Crippen molar-refractivity contribution in [2.24, 2.45) is 0 Å². The second-order valence-corrected chi connectivity index (χ2v) is 5.75. The number of benzene rings is 3. The van der Waals surface area contributed by atoms with Gasteiger partial charge in [-0.05, 0) is 47.9 Å². The third-order valence-corrected chi connectivity index (χ3v) is 3.88. The second-order valence-electron chi connectivity index (χ2n) is 5.75. The minimum atomic E-state index is -0.321. The van der Waals surface area contributed by atoms with E-state index in [9.17, 15) is 9.18 Å². The average molecular weight is 331 g/mol. The number of carbonyl (C=O) groups excluding carboxylic acids is 1. The first-order chi connectivity index (χ1) is 12.1. The Labute approximate surface area is 146 Å². The van der Waals surface area contributed by atoms with Gasteiger partial charge in [0, 0.05) is 11.3 Å². The summed E-state index contributed by atoms with van der Waals surface area (Å²) in [6.45, 7) is 1.77. The Bertz CT molecular complexity index is 902. The van der Waals surface area contributed by atoms with Gasteiger partial charge in [0.2, 0.25) is 0 Å². The van der Waals surface area contributed by atoms with Crippen molar-refractivity contribution in [3.63, 3.8) is 0 Å². The predicted octanol–water partition coefficient (Wildman–Crippen LogP) is 5.31. The lowest BCUT2D eigenvalue weighted by Crippen LogP contribution is -2.14. The normalized spacial score (nSPS) is 11.2. The maximum Gasteiger partial charge on any atom is 0.256 e. The first-order valence-corrected chi connectivity index (χ1v) is 8.03. The number of rotatable bonds is 4. The fourth-order valence-corrected chi connectivity index (χ4v) is 2.57. The van der Waals surface area contributed by atoms with E-state index in [0.29, 0.717) is 16.8 Å². The number of nitrogens with one attached hydrogen (secondary N) is 1. The topological polar surface area (TPSA) is 29.1 Å². The van der Waals surface area contributed by atoms with Crippen LogP contribution in [-0.4, -0.2) is 5.91 Å². The van der Waals surface area contributed by atoms with E-state index in [0.717, 1.165) is 11.1 Å². The summed E-state index contributed by atoms with van der Waals surface area (Å²) in [7, 11) is 0. The Morgan fingerprint density at radius 3 is 2.20 bits per heavy atom. The van der Waals surface area contributed by atoms with Crippen LogP contribution in [0.25, 0.3) is 11.6 Å². The van der Waals surface area contributed by atoms with Crippen molar-refractivity contribution in [3.05, 3.63) is 101 Å². The highest BCUT2D eigenvalue weighted by Crippen LogP contribution is 2.22. The van der Waals surface area contributed by atoms with Crippen molar-refractivity contribution in [1.29, 1.82) is 0 Å². The van der Waals surface area contributed by atoms with Gasteiger partial charge in [-0.25, -0.2) is 4.39 Å². The van der Waals surface area contributed by atoms with Gasteiger partial charge in [-0.15, -0.1) is 0 Å². The van der Waals surface area contributed by atoms with E-state index in [4.69, 9.17) is 0 Å². The molecule has 1 amide bonds. The van der Waals surface area contributed by atoms with E-state index in [1.807, 2.05) is 66.7 Å². The molecule has 0 radical (unpaired) electrons. The van der Waals surface area contributed by atoms with Crippen LogP contribution in [0.5, 0.6) is 0 Å². The Morgan fingerprint density at radius 1 is 0.920 bits per heavy atom. The largest absolute Gasteiger partial charge is 0.322 e. The zero-order chi connectivity index (χ0) is 17.6. The number of amides is 1. The monoisotopic (exact) mass is 331 g/mol. The number of hydrogen-bond donors (Lipinski definition) is 1. The van der Waals surface area contributed by atoms with Crippen LogP contribution in [0.1, 0.15) is 16.7 Å². The van der Waals surface area contributed by atoms with Crippen molar-refractivity contribution in [2.75, 3.05) is 5.32 Å². The average Bonchev–Trinajstić information content (AvgIpc) is 2.63. The molecule has 3 heteroatoms. The molecule has 0 saturated carbocycles. The number of anilines is 1. The standard InChI is InChI=1S/C22H18FNO/c1-16-14-19(23)12-13-21(16)24-22(25)20(18-10-6-3-7-11-18)15-17-8-4-2-5-9-17/h2-15H,1H3,(H,24,25)/b20-15-. The zero-order valence-corrected chi connectivity index (χ0v) is 13.9. The summed E-state index contributed by atoms with van der Waals surface area (Å²) in [6, 6.07) is 23.5. The molecule has 0 heterocycles. The van der Waals surface area contributed by atoms with Gasteiger partial charge >= 0.3 is 0 Å². The van der Waals surface area contributed by atoms with Crippen molar-refractivity contribution >= 4 is 23.2 Å². The molecule has 0 aliphatic rings. The Hall–Kier alpha value is -3.20. The summed E-state index contributed by atoms with van der Waals surface area (Å²) in [5.41, 5.74) is 3.59. The maximum absolute atomic E-state index is 13.3. The highest BCUT2D eigenvalue weighted by atomic mass is 19.1. The van der Waals surface area contributed by atoms with Gasteiger partial charge in [-0.2, -0.15) is 0 Å². The summed E-state index contributed by atoms with van der Waals surface area (Å²) in [5, 5.41) is 2.88. The summed E-state index contributed by atoms with van der Waals surface area (Å²) in [4.78, 5) is 12.9. The van der Waals surface area contributed by atoms with Gasteiger partial charge in [0.25, 0.3) is 5.91 Å². The van der Waals surface area contributed by atoms with Crippen LogP contribution in [0.15, 0.2) is 78.9 Å². The Kier molecular flexibility index (Phi) is 5.05. The molecule has 2 nitrogen and oxygen atoms in total. The molecule has 25 heavy (non-hydrogen) atoms. The van der Waals surface area contributed by atoms with E-state index >= 15 is 0 Å². The molecule has 3 rings (SSSR count). The summed E-state index contributed by atoms with van der Waals surface area (Å²) < 4.78 is 13.3. The molecule has 0 fully saturated rings. The van der Waals surface area contributed by atoms with Gasteiger partial charge in [-0.3, -0.25) is 4.79 Å². The molecule has 124 valence electrons. The number of hydrogen-bond acceptors (Lipinski definition) is 1. The fraction of sp³-hybridized carbons (Fsp3) is 0.0455. The van der Waals surface area contributed by atoms with Crippen LogP contribution >= 0.6 is 0 Å². The highest BCUT2D eigenvalue weighted by Gasteiger charge is 2.13. The Morgan fingerprint density at radius 2 is 1.56 bits per heavy atom. The third kappa shape index (κ3) is 4.21. The molecule has 0 aromatic heterocycles. The van der Waals surface area contributed by atoms with Gasteiger partial charge < -0.3 is 5.32 Å². The van der Waals surface area contributed by atoms with Gasteiger partial charge in [-0.1, -0.05) is 60.7 Å². The minimum absolute atomic E-state index is 0.232. The van der Waals surface area contributed by atoms with Crippen molar-refractivity contribution in [3.8, 4) is 0 Å². The molecule has 0 atom stereocenters. The molecular weight excluding hydrogens is 313 g/mol. The number of halogens is 1. The van der Waals surface area contributed by atoms with E-state index in [2.05, 4.69) is 5.32 Å². The van der Waals surface area contributed by atoms with Crippen molar-refractivity contribution in [2.45, 2.75) is 6.92 Å². The summed E-state index contributed by atoms with van der Waals surface area (Å²) >= 11 is 0. The smallest absolute Gasteiger partial charge is 0.256 e. The van der Waals surface area contributed by atoms with Gasteiger partial charge in [0.1, 0.15) is 5.82 Å². The predicted molar refractivity (Wildman–Crippen MR) is 101 cm³/mol. The molecule has 0 aliphatic heterocycles. The zero-order valence-electron chi connectivity index (χ0n) is 13.9. The lowest BCUT2D eigenvalue weighted by molar-refractivity contribution is -0.111. The van der Waals surface area contributed by atoms with E-state index in [1.165, 1.54) is 12.1 Å². The third-order valence-electron chi connectivity index (χ3n) is 3.88. The second kappa shape index (κ2) is 7.58. The SMILES string of the molecule is Cc1cc(F)ccc1NC(=O)/C(=C\c1ccccc1)c1ccccc1. The Balaban J connectivity index is 1.97. The quantitative estimate of drug-likeness (QED) is 0.509. The van der Waals surface area contributed by atoms with Crippen molar-refractivity contribution in [1.82, 2.24) is 0 Å². The van der Waals surface area contributed by atoms with Crippen LogP contribution in [0.2, 0.25) is 0 Å². The molecule has 1 N–H and O–H groups in total. The van der Waals surface area contributed by atoms with Crippen LogP contribution in [0, 0.1) is 12.7 Å². The molecule has 0 bridgehead atoms. The first kappa shape index (κ1) is 16.7. The van der Waals surface area contributed by atoms with E-state index in [1.54, 1.807) is 13.0 Å². The molecule has 0 aliphatic carbocycles. The fourth-order valence-electron chi connectivity index (χ4n) is 2.57. The van der Waals surface area contributed by atoms with Crippen LogP contribution < -0.4 is 5.32 Å². The van der Waals surface area contributed by atoms with Gasteiger partial charge in [0.05, 0.1) is 0 Å². The number of carbonyl (C=O) groups is 1. The van der Waals surface area contributed by atoms with Crippen molar-refractivity contribution < 1.29 is 9.18 Å². The molecule has 0 unspecified atom stereocenters.